The fraction of sp³-hybridized carbons (Fsp3) is 0.455. The Morgan fingerprint density at radius 3 is 2.65 bits per heavy atom. The van der Waals surface area contributed by atoms with E-state index in [1.807, 2.05) is 0 Å². The zero-order valence-corrected chi connectivity index (χ0v) is 10.7. The molecular weight excluding hydrogens is 276 g/mol. The van der Waals surface area contributed by atoms with Gasteiger partial charge >= 0.3 is 12.0 Å². The molecule has 1 rings (SSSR count). The first kappa shape index (κ1) is 15.9. The molecule has 0 saturated heterocycles. The molecule has 1 aromatic heterocycles. The molecule has 4 N–H and O–H groups in total. The lowest BCUT2D eigenvalue weighted by Crippen LogP contribution is -2.40. The molecule has 0 fully saturated rings. The van der Waals surface area contributed by atoms with Crippen molar-refractivity contribution < 1.29 is 28.6 Å². The van der Waals surface area contributed by atoms with Crippen LogP contribution in [0.3, 0.4) is 0 Å². The molecule has 9 heteroatoms. The Labute approximate surface area is 113 Å². The van der Waals surface area contributed by atoms with Gasteiger partial charge in [-0.05, 0) is 13.0 Å². The van der Waals surface area contributed by atoms with E-state index in [4.69, 9.17) is 10.2 Å². The van der Waals surface area contributed by atoms with Gasteiger partial charge in [0.05, 0.1) is 18.8 Å². The highest BCUT2D eigenvalue weighted by atomic mass is 19.3. The number of aromatic nitrogens is 1. The van der Waals surface area contributed by atoms with Crippen LogP contribution < -0.4 is 5.32 Å². The average molecular weight is 291 g/mol. The maximum atomic E-state index is 12.3. The average Bonchev–Trinajstić information content (AvgIpc) is 2.69. The van der Waals surface area contributed by atoms with Crippen molar-refractivity contribution in [3.63, 3.8) is 0 Å². The van der Waals surface area contributed by atoms with Gasteiger partial charge in [0.25, 0.3) is 6.43 Å². The van der Waals surface area contributed by atoms with E-state index in [0.717, 1.165) is 0 Å². The van der Waals surface area contributed by atoms with Crippen molar-refractivity contribution in [2.45, 2.75) is 13.3 Å². The van der Waals surface area contributed by atoms with Crippen LogP contribution in [0.2, 0.25) is 0 Å². The summed E-state index contributed by atoms with van der Waals surface area (Å²) in [4.78, 5) is 26.0. The number of carboxylic acid groups (broad SMARTS) is 1. The van der Waals surface area contributed by atoms with Gasteiger partial charge in [-0.1, -0.05) is 0 Å². The van der Waals surface area contributed by atoms with Gasteiger partial charge in [0, 0.05) is 12.2 Å². The molecule has 0 saturated carbocycles. The number of nitrogens with one attached hydrogen (secondary N) is 2. The highest BCUT2D eigenvalue weighted by Gasteiger charge is 2.21. The van der Waals surface area contributed by atoms with Crippen molar-refractivity contribution in [1.29, 1.82) is 0 Å². The number of aliphatic hydroxyl groups excluding tert-OH is 1. The number of halogens is 2. The SMILES string of the molecule is Cc1cc(NC(=O)N(CCO)CC(F)F)c(C(=O)O)[nH]1. The standard InChI is InChI=1S/C11H15F2N3O4/c1-6-4-7(9(14-6)10(18)19)15-11(20)16(2-3-17)5-8(12)13/h4,8,14,17H,2-3,5H2,1H3,(H,15,20)(H,18,19). The number of alkyl halides is 2. The summed E-state index contributed by atoms with van der Waals surface area (Å²) in [6.45, 7) is -0.00891. The molecule has 0 spiro atoms. The van der Waals surface area contributed by atoms with E-state index in [1.165, 1.54) is 6.07 Å². The van der Waals surface area contributed by atoms with E-state index < -0.39 is 31.6 Å². The third kappa shape index (κ3) is 4.19. The Balaban J connectivity index is 2.84. The topological polar surface area (TPSA) is 106 Å². The molecule has 1 heterocycles. The minimum absolute atomic E-state index is 0.0165. The number of rotatable bonds is 6. The smallest absolute Gasteiger partial charge is 0.354 e. The lowest BCUT2D eigenvalue weighted by atomic mass is 10.3. The number of amides is 2. The Hall–Kier alpha value is -2.16. The molecule has 0 aliphatic heterocycles. The number of anilines is 1. The molecule has 20 heavy (non-hydrogen) atoms. The molecule has 0 radical (unpaired) electrons. The van der Waals surface area contributed by atoms with Gasteiger partial charge in [0.1, 0.15) is 5.69 Å². The first-order valence-electron chi connectivity index (χ1n) is 5.73. The summed E-state index contributed by atoms with van der Waals surface area (Å²) < 4.78 is 24.6. The molecule has 0 atom stereocenters. The van der Waals surface area contributed by atoms with E-state index in [9.17, 15) is 18.4 Å². The number of H-pyrrole nitrogens is 1. The molecule has 0 aliphatic rings. The van der Waals surface area contributed by atoms with Crippen molar-refractivity contribution in [3.05, 3.63) is 17.5 Å². The minimum Gasteiger partial charge on any atom is -0.477 e. The maximum Gasteiger partial charge on any atom is 0.354 e. The van der Waals surface area contributed by atoms with E-state index in [-0.39, 0.29) is 17.9 Å². The predicted molar refractivity (Wildman–Crippen MR) is 66.2 cm³/mol. The van der Waals surface area contributed by atoms with Gasteiger partial charge in [0.15, 0.2) is 0 Å². The normalized spacial score (nSPS) is 10.7. The van der Waals surface area contributed by atoms with E-state index >= 15 is 0 Å². The van der Waals surface area contributed by atoms with Crippen LogP contribution in [0.4, 0.5) is 19.3 Å². The highest BCUT2D eigenvalue weighted by Crippen LogP contribution is 2.17. The number of aromatic amines is 1. The molecular formula is C11H15F2N3O4. The molecule has 0 bridgehead atoms. The summed E-state index contributed by atoms with van der Waals surface area (Å²) in [6, 6.07) is 0.474. The van der Waals surface area contributed by atoms with Crippen molar-refractivity contribution in [3.8, 4) is 0 Å². The second-order valence-corrected chi connectivity index (χ2v) is 4.04. The Morgan fingerprint density at radius 2 is 2.15 bits per heavy atom. The van der Waals surface area contributed by atoms with Crippen LogP contribution in [0.5, 0.6) is 0 Å². The number of aromatic carboxylic acids is 1. The number of carbonyl (C=O) groups excluding carboxylic acids is 1. The summed E-state index contributed by atoms with van der Waals surface area (Å²) in [6.07, 6.45) is -2.75. The summed E-state index contributed by atoms with van der Waals surface area (Å²) in [5.74, 6) is -1.28. The van der Waals surface area contributed by atoms with Crippen molar-refractivity contribution in [1.82, 2.24) is 9.88 Å². The lowest BCUT2D eigenvalue weighted by Gasteiger charge is -2.21. The molecule has 7 nitrogen and oxygen atoms in total. The van der Waals surface area contributed by atoms with Crippen LogP contribution in [-0.4, -0.2) is 58.2 Å². The monoisotopic (exact) mass is 291 g/mol. The summed E-state index contributed by atoms with van der Waals surface area (Å²) >= 11 is 0. The summed E-state index contributed by atoms with van der Waals surface area (Å²) in [5.41, 5.74) is 0.245. The third-order valence-corrected chi connectivity index (χ3v) is 2.42. The first-order valence-corrected chi connectivity index (χ1v) is 5.73. The van der Waals surface area contributed by atoms with Crippen molar-refractivity contribution in [2.75, 3.05) is 25.0 Å². The number of aryl methyl sites for hydroxylation is 1. The maximum absolute atomic E-state index is 12.3. The second kappa shape index (κ2) is 6.85. The van der Waals surface area contributed by atoms with Gasteiger partial charge in [-0.25, -0.2) is 18.4 Å². The van der Waals surface area contributed by atoms with Gasteiger partial charge in [-0.3, -0.25) is 0 Å². The van der Waals surface area contributed by atoms with Crippen molar-refractivity contribution in [2.24, 2.45) is 0 Å². The number of urea groups is 1. The molecule has 0 aromatic carbocycles. The fourth-order valence-corrected chi connectivity index (χ4v) is 1.61. The Kier molecular flexibility index (Phi) is 5.44. The Morgan fingerprint density at radius 1 is 1.50 bits per heavy atom. The minimum atomic E-state index is -2.75. The molecule has 112 valence electrons. The Bertz CT molecular complexity index is 490. The molecule has 0 aliphatic carbocycles. The van der Waals surface area contributed by atoms with Gasteiger partial charge < -0.3 is 25.4 Å². The number of hydrogen-bond donors (Lipinski definition) is 4. The van der Waals surface area contributed by atoms with Crippen LogP contribution >= 0.6 is 0 Å². The largest absolute Gasteiger partial charge is 0.477 e. The highest BCUT2D eigenvalue weighted by molar-refractivity contribution is 5.99. The quantitative estimate of drug-likeness (QED) is 0.630. The lowest BCUT2D eigenvalue weighted by molar-refractivity contribution is 0.0692. The van der Waals surface area contributed by atoms with Crippen LogP contribution in [0.25, 0.3) is 0 Å². The zero-order chi connectivity index (χ0) is 15.3. The van der Waals surface area contributed by atoms with Crippen LogP contribution in [0.15, 0.2) is 6.07 Å². The van der Waals surface area contributed by atoms with E-state index in [0.29, 0.717) is 10.6 Å². The van der Waals surface area contributed by atoms with E-state index in [2.05, 4.69) is 10.3 Å². The first-order chi connectivity index (χ1) is 9.35. The summed E-state index contributed by atoms with van der Waals surface area (Å²) in [5, 5.41) is 19.9. The number of nitrogens with zero attached hydrogens (tertiary/aromatic N) is 1. The van der Waals surface area contributed by atoms with Crippen molar-refractivity contribution >= 4 is 17.7 Å². The van der Waals surface area contributed by atoms with Gasteiger partial charge in [-0.2, -0.15) is 0 Å². The van der Waals surface area contributed by atoms with E-state index in [1.54, 1.807) is 6.92 Å². The second-order valence-electron chi connectivity index (χ2n) is 4.04. The molecule has 1 aromatic rings. The predicted octanol–water partition coefficient (Wildman–Crippen LogP) is 1.11. The number of hydrogen-bond acceptors (Lipinski definition) is 3. The van der Waals surface area contributed by atoms with Gasteiger partial charge in [-0.15, -0.1) is 0 Å². The molecule has 0 unspecified atom stereocenters. The van der Waals surface area contributed by atoms with Crippen LogP contribution in [-0.2, 0) is 0 Å². The zero-order valence-electron chi connectivity index (χ0n) is 10.7. The van der Waals surface area contributed by atoms with Crippen LogP contribution in [0, 0.1) is 6.92 Å². The fourth-order valence-electron chi connectivity index (χ4n) is 1.61. The number of carbonyl (C=O) groups is 2. The number of aliphatic hydroxyl groups is 1. The number of carboxylic acids is 1. The molecule has 2 amide bonds. The summed E-state index contributed by atoms with van der Waals surface area (Å²) in [7, 11) is 0. The van der Waals surface area contributed by atoms with Gasteiger partial charge in [0.2, 0.25) is 0 Å². The van der Waals surface area contributed by atoms with Crippen LogP contribution in [0.1, 0.15) is 16.2 Å². The third-order valence-electron chi connectivity index (χ3n) is 2.42.